The third kappa shape index (κ3) is 2.23. The summed E-state index contributed by atoms with van der Waals surface area (Å²) in [6.07, 6.45) is 2.59. The quantitative estimate of drug-likeness (QED) is 0.850. The number of nitrogens with zero attached hydrogens (tertiary/aromatic N) is 2. The Bertz CT molecular complexity index is 566. The van der Waals surface area contributed by atoms with E-state index in [1.807, 2.05) is 0 Å². The first-order valence-corrected chi connectivity index (χ1v) is 5.41. The third-order valence-corrected chi connectivity index (χ3v) is 2.83. The van der Waals surface area contributed by atoms with Crippen LogP contribution in [0.15, 0.2) is 30.6 Å². The van der Waals surface area contributed by atoms with Gasteiger partial charge in [0.2, 0.25) is 0 Å². The van der Waals surface area contributed by atoms with Crippen LogP contribution >= 0.6 is 23.2 Å². The summed E-state index contributed by atoms with van der Waals surface area (Å²) < 4.78 is 0. The van der Waals surface area contributed by atoms with Gasteiger partial charge in [-0.25, -0.2) is 0 Å². The fourth-order valence-corrected chi connectivity index (χ4v) is 1.94. The molecule has 17 heavy (non-hydrogen) atoms. The minimum Gasteiger partial charge on any atom is -0.397 e. The molecule has 1 aromatic carbocycles. The summed E-state index contributed by atoms with van der Waals surface area (Å²) in [6.45, 7) is 0. The molecule has 1 aromatic heterocycles. The van der Waals surface area contributed by atoms with E-state index < -0.39 is 0 Å². The summed E-state index contributed by atoms with van der Waals surface area (Å²) in [4.78, 5) is 12.2. The van der Waals surface area contributed by atoms with E-state index in [-0.39, 0.29) is 32.6 Å². The summed E-state index contributed by atoms with van der Waals surface area (Å²) in [5.74, 6) is -0.368. The number of nitrogens with two attached hydrogens (primary N) is 1. The molecule has 0 saturated heterocycles. The van der Waals surface area contributed by atoms with Crippen molar-refractivity contribution in [2.45, 2.75) is 0 Å². The molecule has 0 fully saturated rings. The minimum absolute atomic E-state index is 0.218. The average molecular weight is 268 g/mol. The van der Waals surface area contributed by atoms with Crippen molar-refractivity contribution in [3.8, 4) is 0 Å². The highest BCUT2D eigenvalue weighted by Crippen LogP contribution is 2.27. The molecule has 0 saturated carbocycles. The summed E-state index contributed by atoms with van der Waals surface area (Å²) in [5, 5.41) is 7.74. The van der Waals surface area contributed by atoms with Gasteiger partial charge in [0, 0.05) is 0 Å². The minimum atomic E-state index is -0.368. The van der Waals surface area contributed by atoms with Gasteiger partial charge >= 0.3 is 0 Å². The van der Waals surface area contributed by atoms with E-state index in [1.54, 1.807) is 18.2 Å². The maximum absolute atomic E-state index is 12.2. The molecule has 4 nitrogen and oxygen atoms in total. The number of anilines is 1. The molecular formula is C11H7Cl2N3O. The second-order valence-corrected chi connectivity index (χ2v) is 4.10. The van der Waals surface area contributed by atoms with Crippen LogP contribution in [0.25, 0.3) is 0 Å². The van der Waals surface area contributed by atoms with Gasteiger partial charge in [-0.3, -0.25) is 4.79 Å². The van der Waals surface area contributed by atoms with E-state index in [4.69, 9.17) is 28.9 Å². The SMILES string of the molecule is Nc1cnncc1C(=O)c1c(Cl)cccc1Cl. The lowest BCUT2D eigenvalue weighted by Crippen LogP contribution is -2.08. The molecule has 6 heteroatoms. The van der Waals surface area contributed by atoms with Gasteiger partial charge in [-0.05, 0) is 12.1 Å². The van der Waals surface area contributed by atoms with E-state index in [0.29, 0.717) is 0 Å². The number of hydrogen-bond donors (Lipinski definition) is 1. The van der Waals surface area contributed by atoms with Crippen LogP contribution in [0, 0.1) is 0 Å². The number of halogens is 2. The van der Waals surface area contributed by atoms with Gasteiger partial charge in [0.05, 0.1) is 39.3 Å². The lowest BCUT2D eigenvalue weighted by atomic mass is 10.0. The van der Waals surface area contributed by atoms with Crippen LogP contribution < -0.4 is 5.73 Å². The summed E-state index contributed by atoms with van der Waals surface area (Å²) in [7, 11) is 0. The first-order chi connectivity index (χ1) is 8.11. The standard InChI is InChI=1S/C11H7Cl2N3O/c12-7-2-1-3-8(13)10(7)11(17)6-4-15-16-5-9(6)14/h1-5H,(H2,14,15). The molecule has 2 aromatic rings. The molecule has 0 aliphatic carbocycles. The molecule has 0 bridgehead atoms. The smallest absolute Gasteiger partial charge is 0.199 e. The van der Waals surface area contributed by atoms with Gasteiger partial charge in [0.1, 0.15) is 0 Å². The number of hydrogen-bond acceptors (Lipinski definition) is 4. The van der Waals surface area contributed by atoms with E-state index in [2.05, 4.69) is 10.2 Å². The van der Waals surface area contributed by atoms with Gasteiger partial charge in [-0.1, -0.05) is 29.3 Å². The first kappa shape index (κ1) is 11.8. The largest absolute Gasteiger partial charge is 0.397 e. The number of carbonyl (C=O) groups excluding carboxylic acids is 1. The summed E-state index contributed by atoms with van der Waals surface area (Å²) >= 11 is 11.9. The zero-order chi connectivity index (χ0) is 12.4. The second kappa shape index (κ2) is 4.69. The summed E-state index contributed by atoms with van der Waals surface area (Å²) in [6, 6.07) is 4.84. The zero-order valence-electron chi connectivity index (χ0n) is 8.52. The molecule has 0 amide bonds. The van der Waals surface area contributed by atoms with Crippen molar-refractivity contribution in [3.63, 3.8) is 0 Å². The molecular weight excluding hydrogens is 261 g/mol. The molecule has 0 atom stereocenters. The van der Waals surface area contributed by atoms with Gasteiger partial charge in [-0.2, -0.15) is 10.2 Å². The fraction of sp³-hybridized carbons (Fsp3) is 0. The Hall–Kier alpha value is -1.65. The normalized spacial score (nSPS) is 10.2. The predicted molar refractivity (Wildman–Crippen MR) is 66.3 cm³/mol. The van der Waals surface area contributed by atoms with Gasteiger partial charge in [-0.15, -0.1) is 0 Å². The fourth-order valence-electron chi connectivity index (χ4n) is 1.37. The highest BCUT2D eigenvalue weighted by atomic mass is 35.5. The summed E-state index contributed by atoms with van der Waals surface area (Å²) in [5.41, 5.74) is 6.34. The average Bonchev–Trinajstić information content (AvgIpc) is 2.29. The number of carbonyl (C=O) groups is 1. The van der Waals surface area contributed by atoms with Crippen molar-refractivity contribution in [1.82, 2.24) is 10.2 Å². The van der Waals surface area contributed by atoms with E-state index in [0.717, 1.165) is 0 Å². The van der Waals surface area contributed by atoms with Crippen LogP contribution in [-0.2, 0) is 0 Å². The van der Waals surface area contributed by atoms with E-state index >= 15 is 0 Å². The molecule has 0 radical (unpaired) electrons. The molecule has 0 spiro atoms. The molecule has 2 N–H and O–H groups in total. The molecule has 0 aliphatic heterocycles. The molecule has 2 rings (SSSR count). The zero-order valence-corrected chi connectivity index (χ0v) is 10.0. The van der Waals surface area contributed by atoms with Gasteiger partial charge in [0.25, 0.3) is 0 Å². The number of rotatable bonds is 2. The Labute approximate surface area is 107 Å². The van der Waals surface area contributed by atoms with Gasteiger partial charge < -0.3 is 5.73 Å². The number of aromatic nitrogens is 2. The van der Waals surface area contributed by atoms with Crippen LogP contribution in [0.5, 0.6) is 0 Å². The predicted octanol–water partition coefficient (Wildman–Crippen LogP) is 2.60. The van der Waals surface area contributed by atoms with Crippen molar-refractivity contribution in [2.24, 2.45) is 0 Å². The third-order valence-electron chi connectivity index (χ3n) is 2.20. The maximum atomic E-state index is 12.2. The van der Waals surface area contributed by atoms with Crippen molar-refractivity contribution in [3.05, 3.63) is 51.8 Å². The van der Waals surface area contributed by atoms with Crippen molar-refractivity contribution in [2.75, 3.05) is 5.73 Å². The maximum Gasteiger partial charge on any atom is 0.199 e. The number of nitrogen functional groups attached to an aromatic ring is 1. The van der Waals surface area contributed by atoms with E-state index in [9.17, 15) is 4.79 Å². The van der Waals surface area contributed by atoms with Crippen LogP contribution in [-0.4, -0.2) is 16.0 Å². The first-order valence-electron chi connectivity index (χ1n) is 4.66. The highest BCUT2D eigenvalue weighted by molar-refractivity contribution is 6.41. The topological polar surface area (TPSA) is 68.9 Å². The van der Waals surface area contributed by atoms with Crippen molar-refractivity contribution in [1.29, 1.82) is 0 Å². The van der Waals surface area contributed by atoms with E-state index in [1.165, 1.54) is 12.4 Å². The Kier molecular flexibility index (Phi) is 3.26. The van der Waals surface area contributed by atoms with Crippen molar-refractivity contribution >= 4 is 34.7 Å². The lowest BCUT2D eigenvalue weighted by molar-refractivity contribution is 0.103. The highest BCUT2D eigenvalue weighted by Gasteiger charge is 2.18. The van der Waals surface area contributed by atoms with Crippen molar-refractivity contribution < 1.29 is 4.79 Å². The lowest BCUT2D eigenvalue weighted by Gasteiger charge is -2.06. The molecule has 0 unspecified atom stereocenters. The Morgan fingerprint density at radius 1 is 1.12 bits per heavy atom. The number of benzene rings is 1. The van der Waals surface area contributed by atoms with Crippen LogP contribution in [0.4, 0.5) is 5.69 Å². The molecule has 0 aliphatic rings. The number of ketones is 1. The Balaban J connectivity index is 2.56. The second-order valence-electron chi connectivity index (χ2n) is 3.28. The van der Waals surface area contributed by atoms with Crippen LogP contribution in [0.3, 0.4) is 0 Å². The Morgan fingerprint density at radius 3 is 2.29 bits per heavy atom. The Morgan fingerprint density at radius 2 is 1.71 bits per heavy atom. The molecule has 1 heterocycles. The van der Waals surface area contributed by atoms with Crippen LogP contribution in [0.1, 0.15) is 15.9 Å². The van der Waals surface area contributed by atoms with Crippen LogP contribution in [0.2, 0.25) is 10.0 Å². The monoisotopic (exact) mass is 267 g/mol. The van der Waals surface area contributed by atoms with Gasteiger partial charge in [0.15, 0.2) is 5.78 Å². The molecule has 86 valence electrons.